The van der Waals surface area contributed by atoms with Crippen LogP contribution in [0.2, 0.25) is 5.02 Å². The van der Waals surface area contributed by atoms with Crippen molar-refractivity contribution in [1.82, 2.24) is 4.90 Å². The lowest BCUT2D eigenvalue weighted by Crippen LogP contribution is -2.48. The van der Waals surface area contributed by atoms with Gasteiger partial charge in [-0.15, -0.1) is 0 Å². The summed E-state index contributed by atoms with van der Waals surface area (Å²) in [5.74, 6) is 0.871. The van der Waals surface area contributed by atoms with Gasteiger partial charge in [-0.05, 0) is 47.5 Å². The predicted octanol–water partition coefficient (Wildman–Crippen LogP) is 5.28. The molecule has 1 fully saturated rings. The molecule has 5 heteroatoms. The van der Waals surface area contributed by atoms with E-state index in [1.54, 1.807) is 12.2 Å². The molecule has 0 atom stereocenters. The van der Waals surface area contributed by atoms with Gasteiger partial charge >= 0.3 is 0 Å². The molecule has 1 saturated heterocycles. The Bertz CT molecular complexity index is 1030. The number of anilines is 1. The molecule has 158 valence electrons. The van der Waals surface area contributed by atoms with Crippen LogP contribution in [-0.2, 0) is 11.4 Å². The number of piperazine rings is 1. The van der Waals surface area contributed by atoms with E-state index < -0.39 is 0 Å². The smallest absolute Gasteiger partial charge is 0.246 e. The SMILES string of the molecule is O=C(C=Cc1ccccc1Cl)N1CCN(c2ccc(OCc3ccccc3)cc2)CC1. The molecular formula is C26H25ClN2O2. The van der Waals surface area contributed by atoms with Crippen LogP contribution in [0.5, 0.6) is 5.75 Å². The number of amides is 1. The molecule has 0 unspecified atom stereocenters. The largest absolute Gasteiger partial charge is 0.489 e. The van der Waals surface area contributed by atoms with Gasteiger partial charge in [0.25, 0.3) is 0 Å². The highest BCUT2D eigenvalue weighted by atomic mass is 35.5. The summed E-state index contributed by atoms with van der Waals surface area (Å²) in [5.41, 5.74) is 3.15. The Hall–Kier alpha value is -3.24. The summed E-state index contributed by atoms with van der Waals surface area (Å²) < 4.78 is 5.87. The second kappa shape index (κ2) is 10.2. The van der Waals surface area contributed by atoms with E-state index in [0.29, 0.717) is 24.7 Å². The summed E-state index contributed by atoms with van der Waals surface area (Å²) in [6.07, 6.45) is 3.39. The van der Waals surface area contributed by atoms with E-state index >= 15 is 0 Å². The van der Waals surface area contributed by atoms with E-state index in [0.717, 1.165) is 35.7 Å². The topological polar surface area (TPSA) is 32.8 Å². The Morgan fingerprint density at radius 1 is 0.871 bits per heavy atom. The van der Waals surface area contributed by atoms with Crippen molar-refractivity contribution in [3.05, 3.63) is 101 Å². The van der Waals surface area contributed by atoms with Gasteiger partial charge < -0.3 is 14.5 Å². The fourth-order valence-electron chi connectivity index (χ4n) is 3.56. The zero-order valence-corrected chi connectivity index (χ0v) is 18.0. The van der Waals surface area contributed by atoms with Crippen LogP contribution in [0.15, 0.2) is 84.9 Å². The van der Waals surface area contributed by atoms with Crippen LogP contribution in [0.1, 0.15) is 11.1 Å². The van der Waals surface area contributed by atoms with Gasteiger partial charge in [0.1, 0.15) is 12.4 Å². The maximum Gasteiger partial charge on any atom is 0.246 e. The van der Waals surface area contributed by atoms with E-state index in [2.05, 4.69) is 29.2 Å². The Morgan fingerprint density at radius 2 is 1.55 bits per heavy atom. The minimum atomic E-state index is 0.0178. The third-order valence-electron chi connectivity index (χ3n) is 5.35. The first kappa shape index (κ1) is 21.0. The van der Waals surface area contributed by atoms with Crippen LogP contribution in [0, 0.1) is 0 Å². The van der Waals surface area contributed by atoms with Gasteiger partial charge in [0.15, 0.2) is 0 Å². The van der Waals surface area contributed by atoms with Crippen molar-refractivity contribution < 1.29 is 9.53 Å². The van der Waals surface area contributed by atoms with Crippen LogP contribution < -0.4 is 9.64 Å². The Morgan fingerprint density at radius 3 is 2.26 bits per heavy atom. The minimum Gasteiger partial charge on any atom is -0.489 e. The highest BCUT2D eigenvalue weighted by molar-refractivity contribution is 6.32. The maximum absolute atomic E-state index is 12.5. The second-order valence-electron chi connectivity index (χ2n) is 7.44. The third-order valence-corrected chi connectivity index (χ3v) is 5.70. The molecule has 1 heterocycles. The molecule has 0 aliphatic carbocycles. The average Bonchev–Trinajstić information content (AvgIpc) is 2.83. The first-order valence-corrected chi connectivity index (χ1v) is 10.8. The number of hydrogen-bond acceptors (Lipinski definition) is 3. The lowest BCUT2D eigenvalue weighted by molar-refractivity contribution is -0.126. The summed E-state index contributed by atoms with van der Waals surface area (Å²) >= 11 is 6.15. The van der Waals surface area contributed by atoms with Crippen LogP contribution >= 0.6 is 11.6 Å². The number of hydrogen-bond donors (Lipinski definition) is 0. The first-order chi connectivity index (χ1) is 15.2. The third kappa shape index (κ3) is 5.68. The Labute approximate surface area is 188 Å². The normalized spacial score (nSPS) is 14.1. The van der Waals surface area contributed by atoms with Crippen LogP contribution in [-0.4, -0.2) is 37.0 Å². The second-order valence-corrected chi connectivity index (χ2v) is 7.84. The number of carbonyl (C=O) groups is 1. The van der Waals surface area contributed by atoms with Crippen LogP contribution in [0.4, 0.5) is 5.69 Å². The molecule has 0 radical (unpaired) electrons. The van der Waals surface area contributed by atoms with E-state index in [1.807, 2.05) is 59.5 Å². The summed E-state index contributed by atoms with van der Waals surface area (Å²) in [6.45, 7) is 3.55. The predicted molar refractivity (Wildman–Crippen MR) is 126 cm³/mol. The molecule has 31 heavy (non-hydrogen) atoms. The highest BCUT2D eigenvalue weighted by Crippen LogP contribution is 2.22. The lowest BCUT2D eigenvalue weighted by atomic mass is 10.2. The number of carbonyl (C=O) groups excluding carboxylic acids is 1. The van der Waals surface area contributed by atoms with Crippen molar-refractivity contribution in [3.8, 4) is 5.75 Å². The van der Waals surface area contributed by atoms with E-state index in [4.69, 9.17) is 16.3 Å². The molecule has 3 aromatic rings. The van der Waals surface area contributed by atoms with Gasteiger partial charge in [0.05, 0.1) is 0 Å². The number of nitrogens with zero attached hydrogens (tertiary/aromatic N) is 2. The molecule has 0 spiro atoms. The van der Waals surface area contributed by atoms with Crippen LogP contribution in [0.3, 0.4) is 0 Å². The van der Waals surface area contributed by atoms with Crippen molar-refractivity contribution in [1.29, 1.82) is 0 Å². The molecule has 1 aliphatic heterocycles. The molecule has 4 nitrogen and oxygen atoms in total. The van der Waals surface area contributed by atoms with E-state index in [1.165, 1.54) is 0 Å². The average molecular weight is 433 g/mol. The fourth-order valence-corrected chi connectivity index (χ4v) is 3.75. The van der Waals surface area contributed by atoms with Crippen molar-refractivity contribution >= 4 is 29.3 Å². The maximum atomic E-state index is 12.5. The van der Waals surface area contributed by atoms with Gasteiger partial charge in [0, 0.05) is 43.0 Å². The fraction of sp³-hybridized carbons (Fsp3) is 0.192. The van der Waals surface area contributed by atoms with Gasteiger partial charge in [-0.25, -0.2) is 0 Å². The summed E-state index contributed by atoms with van der Waals surface area (Å²) in [6, 6.07) is 25.8. The van der Waals surface area contributed by atoms with Crippen molar-refractivity contribution in [2.45, 2.75) is 6.61 Å². The highest BCUT2D eigenvalue weighted by Gasteiger charge is 2.20. The molecule has 4 rings (SSSR count). The van der Waals surface area contributed by atoms with E-state index in [-0.39, 0.29) is 5.91 Å². The summed E-state index contributed by atoms with van der Waals surface area (Å²) in [4.78, 5) is 16.7. The molecule has 0 aromatic heterocycles. The summed E-state index contributed by atoms with van der Waals surface area (Å²) in [5, 5.41) is 0.646. The number of halogens is 1. The summed E-state index contributed by atoms with van der Waals surface area (Å²) in [7, 11) is 0. The zero-order valence-electron chi connectivity index (χ0n) is 17.3. The lowest BCUT2D eigenvalue weighted by Gasteiger charge is -2.35. The molecule has 3 aromatic carbocycles. The molecule has 0 bridgehead atoms. The van der Waals surface area contributed by atoms with Gasteiger partial charge in [-0.3, -0.25) is 4.79 Å². The van der Waals surface area contributed by atoms with Crippen molar-refractivity contribution in [2.24, 2.45) is 0 Å². The van der Waals surface area contributed by atoms with Crippen molar-refractivity contribution in [3.63, 3.8) is 0 Å². The quantitative estimate of drug-likeness (QED) is 0.497. The molecule has 1 amide bonds. The molecular weight excluding hydrogens is 408 g/mol. The standard InChI is InChI=1S/C26H25ClN2O2/c27-25-9-5-4-8-22(25)10-15-26(30)29-18-16-28(17-19-29)23-11-13-24(14-12-23)31-20-21-6-2-1-3-7-21/h1-15H,16-20H2. The van der Waals surface area contributed by atoms with E-state index in [9.17, 15) is 4.79 Å². The van der Waals surface area contributed by atoms with Crippen molar-refractivity contribution in [2.75, 3.05) is 31.1 Å². The number of ether oxygens (including phenoxy) is 1. The zero-order chi connectivity index (χ0) is 21.5. The van der Waals surface area contributed by atoms with Crippen LogP contribution in [0.25, 0.3) is 6.08 Å². The Balaban J connectivity index is 1.27. The molecule has 0 N–H and O–H groups in total. The number of rotatable bonds is 6. The minimum absolute atomic E-state index is 0.0178. The monoisotopic (exact) mass is 432 g/mol. The van der Waals surface area contributed by atoms with Gasteiger partial charge in [0.2, 0.25) is 5.91 Å². The molecule has 0 saturated carbocycles. The Kier molecular flexibility index (Phi) is 6.90. The van der Waals surface area contributed by atoms with Gasteiger partial charge in [-0.2, -0.15) is 0 Å². The van der Waals surface area contributed by atoms with Gasteiger partial charge in [-0.1, -0.05) is 60.1 Å². The molecule has 1 aliphatic rings. The first-order valence-electron chi connectivity index (χ1n) is 10.4. The number of benzene rings is 3.